The van der Waals surface area contributed by atoms with Gasteiger partial charge in [-0.3, -0.25) is 4.99 Å². The molecule has 214 valence electrons. The van der Waals surface area contributed by atoms with Gasteiger partial charge in [-0.15, -0.1) is 0 Å². The molecule has 0 unspecified atom stereocenters. The quantitative estimate of drug-likeness (QED) is 0.146. The van der Waals surface area contributed by atoms with Gasteiger partial charge in [0.05, 0.1) is 23.4 Å². The van der Waals surface area contributed by atoms with Gasteiger partial charge in [-0.1, -0.05) is 96.5 Å². The smallest absolute Gasteiger partial charge is 0.180 e. The van der Waals surface area contributed by atoms with Crippen molar-refractivity contribution in [3.8, 4) is 11.5 Å². The number of nitrogens with one attached hydrogen (secondary N) is 1. The standard InChI is InChI=1S/C38H33ClN2O2/c1-2-42-36-22-25(21-34(39)38(36)43-24-28-11-7-10-26-9-3-4-12-30(26)28)23-40-29-19-17-27(18-20-29)37-33-15-8-14-31(33)32-13-5-6-16-35(32)41-37/h3-14,16-23,31,33,37,41H,2,15,24H2,1H3/t31-,33+,37+/m1/s1. The molecule has 0 aromatic heterocycles. The normalized spacial score (nSPS) is 18.8. The molecule has 5 heteroatoms. The summed E-state index contributed by atoms with van der Waals surface area (Å²) in [5.74, 6) is 2.13. The van der Waals surface area contributed by atoms with E-state index in [-0.39, 0.29) is 6.04 Å². The van der Waals surface area contributed by atoms with Crippen molar-refractivity contribution in [3.05, 3.63) is 143 Å². The first-order valence-electron chi connectivity index (χ1n) is 14.9. The number of rotatable bonds is 8. The lowest BCUT2D eigenvalue weighted by molar-refractivity contribution is 0.270. The first kappa shape index (κ1) is 27.3. The highest BCUT2D eigenvalue weighted by molar-refractivity contribution is 6.32. The van der Waals surface area contributed by atoms with Crippen LogP contribution < -0.4 is 14.8 Å². The Morgan fingerprint density at radius 2 is 1.72 bits per heavy atom. The summed E-state index contributed by atoms with van der Waals surface area (Å²) in [5, 5.41) is 6.64. The fourth-order valence-electron chi connectivity index (χ4n) is 6.42. The maximum absolute atomic E-state index is 6.74. The number of nitrogens with zero attached hydrogens (tertiary/aromatic N) is 1. The van der Waals surface area contributed by atoms with Gasteiger partial charge in [0.1, 0.15) is 6.61 Å². The van der Waals surface area contributed by atoms with E-state index in [1.165, 1.54) is 22.2 Å². The highest BCUT2D eigenvalue weighted by Crippen LogP contribution is 2.49. The largest absolute Gasteiger partial charge is 0.490 e. The van der Waals surface area contributed by atoms with Crippen molar-refractivity contribution in [3.63, 3.8) is 0 Å². The summed E-state index contributed by atoms with van der Waals surface area (Å²) >= 11 is 6.74. The Balaban J connectivity index is 1.08. The maximum Gasteiger partial charge on any atom is 0.180 e. The molecule has 5 aromatic carbocycles. The summed E-state index contributed by atoms with van der Waals surface area (Å²) in [6.07, 6.45) is 7.61. The van der Waals surface area contributed by atoms with Gasteiger partial charge < -0.3 is 14.8 Å². The van der Waals surface area contributed by atoms with E-state index in [4.69, 9.17) is 26.1 Å². The summed E-state index contributed by atoms with van der Waals surface area (Å²) in [4.78, 5) is 4.75. The first-order chi connectivity index (χ1) is 21.2. The molecule has 0 amide bonds. The van der Waals surface area contributed by atoms with E-state index in [0.29, 0.717) is 41.6 Å². The Labute approximate surface area is 257 Å². The molecular formula is C38H33ClN2O2. The Kier molecular flexibility index (Phi) is 7.61. The second-order valence-corrected chi connectivity index (χ2v) is 11.5. The number of ether oxygens (including phenoxy) is 2. The highest BCUT2D eigenvalue weighted by atomic mass is 35.5. The Hall–Kier alpha value is -4.54. The van der Waals surface area contributed by atoms with Crippen LogP contribution in [-0.2, 0) is 6.61 Å². The van der Waals surface area contributed by atoms with Crippen molar-refractivity contribution in [1.82, 2.24) is 0 Å². The van der Waals surface area contributed by atoms with Crippen molar-refractivity contribution in [2.75, 3.05) is 11.9 Å². The van der Waals surface area contributed by atoms with Crippen LogP contribution in [0.25, 0.3) is 10.8 Å². The molecule has 0 spiro atoms. The van der Waals surface area contributed by atoms with E-state index < -0.39 is 0 Å². The molecule has 0 saturated heterocycles. The molecule has 5 aromatic rings. The number of para-hydroxylation sites is 1. The summed E-state index contributed by atoms with van der Waals surface area (Å²) in [5.41, 5.74) is 6.73. The van der Waals surface area contributed by atoms with E-state index in [9.17, 15) is 0 Å². The van der Waals surface area contributed by atoms with Crippen molar-refractivity contribution in [1.29, 1.82) is 0 Å². The minimum atomic E-state index is 0.266. The topological polar surface area (TPSA) is 42.8 Å². The zero-order chi connectivity index (χ0) is 29.2. The van der Waals surface area contributed by atoms with Crippen LogP contribution in [0.15, 0.2) is 120 Å². The number of benzene rings is 5. The van der Waals surface area contributed by atoms with Crippen LogP contribution in [0.4, 0.5) is 11.4 Å². The molecule has 0 bridgehead atoms. The van der Waals surface area contributed by atoms with E-state index in [2.05, 4.69) is 90.3 Å². The van der Waals surface area contributed by atoms with Crippen LogP contribution in [0.5, 0.6) is 11.5 Å². The molecule has 43 heavy (non-hydrogen) atoms. The summed E-state index contributed by atoms with van der Waals surface area (Å²) < 4.78 is 12.2. The van der Waals surface area contributed by atoms with E-state index >= 15 is 0 Å². The number of halogens is 1. The molecule has 1 aliphatic carbocycles. The number of allylic oxidation sites excluding steroid dienone is 2. The molecule has 0 radical (unpaired) electrons. The summed E-state index contributed by atoms with van der Waals surface area (Å²) in [6, 6.07) is 35.8. The van der Waals surface area contributed by atoms with Gasteiger partial charge in [0.15, 0.2) is 11.5 Å². The third-order valence-electron chi connectivity index (χ3n) is 8.47. The van der Waals surface area contributed by atoms with Gasteiger partial charge in [-0.05, 0) is 82.6 Å². The Morgan fingerprint density at radius 1 is 0.907 bits per heavy atom. The number of aliphatic imine (C=N–C) groups is 1. The van der Waals surface area contributed by atoms with Crippen molar-refractivity contribution >= 4 is 40.0 Å². The number of hydrogen-bond acceptors (Lipinski definition) is 4. The molecule has 1 aliphatic heterocycles. The predicted octanol–water partition coefficient (Wildman–Crippen LogP) is 10.0. The molecule has 0 fully saturated rings. The molecule has 1 N–H and O–H groups in total. The van der Waals surface area contributed by atoms with Crippen LogP contribution in [0.1, 0.15) is 47.6 Å². The fourth-order valence-corrected chi connectivity index (χ4v) is 6.70. The average molecular weight is 585 g/mol. The lowest BCUT2D eigenvalue weighted by Gasteiger charge is -2.37. The summed E-state index contributed by atoms with van der Waals surface area (Å²) in [7, 11) is 0. The van der Waals surface area contributed by atoms with Gasteiger partial charge >= 0.3 is 0 Å². The monoisotopic (exact) mass is 584 g/mol. The zero-order valence-electron chi connectivity index (χ0n) is 24.0. The Morgan fingerprint density at radius 3 is 2.60 bits per heavy atom. The molecule has 2 aliphatic rings. The third kappa shape index (κ3) is 5.51. The molecule has 3 atom stereocenters. The van der Waals surface area contributed by atoms with Gasteiger partial charge in [0.2, 0.25) is 0 Å². The number of fused-ring (bicyclic) bond motifs is 4. The van der Waals surface area contributed by atoms with Gasteiger partial charge in [-0.2, -0.15) is 0 Å². The average Bonchev–Trinajstić information content (AvgIpc) is 3.54. The number of anilines is 1. The van der Waals surface area contributed by atoms with Crippen molar-refractivity contribution in [2.45, 2.75) is 31.9 Å². The molecule has 4 nitrogen and oxygen atoms in total. The lowest BCUT2D eigenvalue weighted by Crippen LogP contribution is -2.28. The third-order valence-corrected chi connectivity index (χ3v) is 8.75. The first-order valence-corrected chi connectivity index (χ1v) is 15.3. The minimum Gasteiger partial charge on any atom is -0.490 e. The van der Waals surface area contributed by atoms with E-state index in [1.807, 2.05) is 43.5 Å². The van der Waals surface area contributed by atoms with Gasteiger partial charge in [0.25, 0.3) is 0 Å². The molecule has 0 saturated carbocycles. The second kappa shape index (κ2) is 12.0. The minimum absolute atomic E-state index is 0.266. The van der Waals surface area contributed by atoms with Crippen LogP contribution in [0, 0.1) is 5.92 Å². The molecular weight excluding hydrogens is 552 g/mol. The van der Waals surface area contributed by atoms with Gasteiger partial charge in [0, 0.05) is 17.8 Å². The SMILES string of the molecule is CCOc1cc(C=Nc2ccc([C@@H]3Nc4ccccc4[C@H]4C=CC[C@@H]43)cc2)cc(Cl)c1OCc1cccc2ccccc12. The predicted molar refractivity (Wildman–Crippen MR) is 177 cm³/mol. The van der Waals surface area contributed by atoms with Crippen LogP contribution >= 0.6 is 11.6 Å². The number of hydrogen-bond donors (Lipinski definition) is 1. The second-order valence-electron chi connectivity index (χ2n) is 11.1. The zero-order valence-corrected chi connectivity index (χ0v) is 24.8. The van der Waals surface area contributed by atoms with Crippen molar-refractivity contribution in [2.24, 2.45) is 10.9 Å². The molecule has 1 heterocycles. The summed E-state index contributed by atoms with van der Waals surface area (Å²) in [6.45, 7) is 2.84. The van der Waals surface area contributed by atoms with Crippen LogP contribution in [0.2, 0.25) is 5.02 Å². The van der Waals surface area contributed by atoms with Gasteiger partial charge in [-0.25, -0.2) is 0 Å². The van der Waals surface area contributed by atoms with E-state index in [1.54, 1.807) is 0 Å². The maximum atomic E-state index is 6.74. The highest BCUT2D eigenvalue weighted by Gasteiger charge is 2.37. The lowest BCUT2D eigenvalue weighted by atomic mass is 9.77. The fraction of sp³-hybridized carbons (Fsp3) is 0.184. The van der Waals surface area contributed by atoms with E-state index in [0.717, 1.165) is 28.6 Å². The molecule has 7 rings (SSSR count). The Bertz CT molecular complexity index is 1820. The van der Waals surface area contributed by atoms with Crippen LogP contribution in [-0.4, -0.2) is 12.8 Å². The van der Waals surface area contributed by atoms with Crippen molar-refractivity contribution < 1.29 is 9.47 Å². The van der Waals surface area contributed by atoms with Crippen LogP contribution in [0.3, 0.4) is 0 Å².